The van der Waals surface area contributed by atoms with E-state index in [1.54, 1.807) is 26.0 Å². The maximum Gasteiger partial charge on any atom is 0.129 e. The molecule has 0 unspecified atom stereocenters. The number of aliphatic hydroxyl groups is 1. The third-order valence-electron chi connectivity index (χ3n) is 2.47. The van der Waals surface area contributed by atoms with Crippen molar-refractivity contribution in [2.45, 2.75) is 32.9 Å². The summed E-state index contributed by atoms with van der Waals surface area (Å²) < 4.78 is 13.6. The Morgan fingerprint density at radius 1 is 1.41 bits per heavy atom. The molecule has 0 bridgehead atoms. The quantitative estimate of drug-likeness (QED) is 0.879. The van der Waals surface area contributed by atoms with Crippen molar-refractivity contribution in [2.75, 3.05) is 13.1 Å². The van der Waals surface area contributed by atoms with Gasteiger partial charge in [0.2, 0.25) is 0 Å². The van der Waals surface area contributed by atoms with E-state index in [1.807, 2.05) is 11.8 Å². The number of hydrogen-bond acceptors (Lipinski definition) is 2. The topological polar surface area (TPSA) is 23.5 Å². The minimum absolute atomic E-state index is 0.299. The second-order valence-corrected chi connectivity index (χ2v) is 5.29. The van der Waals surface area contributed by atoms with Crippen molar-refractivity contribution >= 4 is 11.6 Å². The molecule has 0 aliphatic heterocycles. The first-order valence-corrected chi connectivity index (χ1v) is 6.08. The van der Waals surface area contributed by atoms with Gasteiger partial charge in [0.15, 0.2) is 0 Å². The fourth-order valence-electron chi connectivity index (χ4n) is 1.72. The van der Waals surface area contributed by atoms with Gasteiger partial charge >= 0.3 is 0 Å². The van der Waals surface area contributed by atoms with Crippen LogP contribution in [0.3, 0.4) is 0 Å². The standard InChI is InChI=1S/C13H19ClFNO/c1-4-16(9-13(2,3)17)8-10-5-6-11(14)7-12(10)15/h5-7,17H,4,8-9H2,1-3H3. The van der Waals surface area contributed by atoms with Crippen LogP contribution in [0, 0.1) is 5.82 Å². The monoisotopic (exact) mass is 259 g/mol. The van der Waals surface area contributed by atoms with Crippen LogP contribution in [0.2, 0.25) is 5.02 Å². The van der Waals surface area contributed by atoms with Crippen LogP contribution in [0.15, 0.2) is 18.2 Å². The van der Waals surface area contributed by atoms with E-state index in [2.05, 4.69) is 0 Å². The Morgan fingerprint density at radius 2 is 2.06 bits per heavy atom. The largest absolute Gasteiger partial charge is 0.389 e. The maximum atomic E-state index is 13.6. The van der Waals surface area contributed by atoms with E-state index >= 15 is 0 Å². The minimum atomic E-state index is -0.779. The summed E-state index contributed by atoms with van der Waals surface area (Å²) >= 11 is 5.70. The lowest BCUT2D eigenvalue weighted by molar-refractivity contribution is 0.0350. The summed E-state index contributed by atoms with van der Waals surface area (Å²) in [5.74, 6) is -0.299. The number of hydrogen-bond donors (Lipinski definition) is 1. The van der Waals surface area contributed by atoms with E-state index in [0.29, 0.717) is 23.7 Å². The van der Waals surface area contributed by atoms with Gasteiger partial charge in [0.25, 0.3) is 0 Å². The van der Waals surface area contributed by atoms with E-state index < -0.39 is 5.60 Å². The van der Waals surface area contributed by atoms with Crippen LogP contribution in [0.25, 0.3) is 0 Å². The van der Waals surface area contributed by atoms with Gasteiger partial charge in [0, 0.05) is 23.7 Å². The first kappa shape index (κ1) is 14.4. The summed E-state index contributed by atoms with van der Waals surface area (Å²) in [6.45, 7) is 7.21. The van der Waals surface area contributed by atoms with Crippen molar-refractivity contribution < 1.29 is 9.50 Å². The summed E-state index contributed by atoms with van der Waals surface area (Å²) in [5.41, 5.74) is -0.181. The summed E-state index contributed by atoms with van der Waals surface area (Å²) in [4.78, 5) is 1.99. The van der Waals surface area contributed by atoms with Crippen LogP contribution in [-0.2, 0) is 6.54 Å². The van der Waals surface area contributed by atoms with Gasteiger partial charge in [-0.3, -0.25) is 4.90 Å². The number of benzene rings is 1. The highest BCUT2D eigenvalue weighted by Gasteiger charge is 2.18. The molecule has 17 heavy (non-hydrogen) atoms. The molecule has 2 nitrogen and oxygen atoms in total. The van der Waals surface area contributed by atoms with Crippen LogP contribution in [0.5, 0.6) is 0 Å². The zero-order valence-corrected chi connectivity index (χ0v) is 11.3. The molecular formula is C13H19ClFNO. The zero-order chi connectivity index (χ0) is 13.1. The smallest absolute Gasteiger partial charge is 0.129 e. The molecule has 4 heteroatoms. The first-order valence-electron chi connectivity index (χ1n) is 5.70. The molecule has 1 rings (SSSR count). The number of nitrogens with zero attached hydrogens (tertiary/aromatic N) is 1. The molecule has 0 aliphatic carbocycles. The Bertz CT molecular complexity index is 376. The molecule has 0 fully saturated rings. The molecular weight excluding hydrogens is 241 g/mol. The van der Waals surface area contributed by atoms with E-state index in [9.17, 15) is 9.50 Å². The van der Waals surface area contributed by atoms with Crippen molar-refractivity contribution in [3.8, 4) is 0 Å². The predicted molar refractivity (Wildman–Crippen MR) is 68.7 cm³/mol. The predicted octanol–water partition coefficient (Wildman–Crippen LogP) is 3.07. The van der Waals surface area contributed by atoms with Crippen molar-refractivity contribution in [1.29, 1.82) is 0 Å². The lowest BCUT2D eigenvalue weighted by Crippen LogP contribution is -2.38. The average Bonchev–Trinajstić information content (AvgIpc) is 2.19. The minimum Gasteiger partial charge on any atom is -0.389 e. The summed E-state index contributed by atoms with van der Waals surface area (Å²) in [5, 5.41) is 10.2. The zero-order valence-electron chi connectivity index (χ0n) is 10.5. The van der Waals surface area contributed by atoms with Crippen molar-refractivity contribution in [3.63, 3.8) is 0 Å². The summed E-state index contributed by atoms with van der Waals surface area (Å²) in [7, 11) is 0. The molecule has 0 amide bonds. The molecule has 96 valence electrons. The molecule has 1 aromatic rings. The van der Waals surface area contributed by atoms with Crippen molar-refractivity contribution in [2.24, 2.45) is 0 Å². The van der Waals surface area contributed by atoms with Gasteiger partial charge in [-0.05, 0) is 32.5 Å². The van der Waals surface area contributed by atoms with Gasteiger partial charge in [-0.25, -0.2) is 4.39 Å². The molecule has 0 aromatic heterocycles. The molecule has 0 heterocycles. The Morgan fingerprint density at radius 3 is 2.53 bits per heavy atom. The Hall–Kier alpha value is -0.640. The van der Waals surface area contributed by atoms with E-state index in [0.717, 1.165) is 6.54 Å². The summed E-state index contributed by atoms with van der Waals surface area (Å²) in [6, 6.07) is 4.68. The molecule has 0 saturated heterocycles. The molecule has 0 radical (unpaired) electrons. The highest BCUT2D eigenvalue weighted by atomic mass is 35.5. The van der Waals surface area contributed by atoms with Gasteiger partial charge in [0.1, 0.15) is 5.82 Å². The van der Waals surface area contributed by atoms with Crippen LogP contribution in [0.4, 0.5) is 4.39 Å². The second kappa shape index (κ2) is 5.80. The Labute approximate surface area is 107 Å². The van der Waals surface area contributed by atoms with Crippen LogP contribution < -0.4 is 0 Å². The molecule has 0 spiro atoms. The highest BCUT2D eigenvalue weighted by molar-refractivity contribution is 6.30. The Kier molecular flexibility index (Phi) is 4.92. The van der Waals surface area contributed by atoms with Crippen LogP contribution in [0.1, 0.15) is 26.3 Å². The van der Waals surface area contributed by atoms with Crippen LogP contribution >= 0.6 is 11.6 Å². The average molecular weight is 260 g/mol. The normalized spacial score (nSPS) is 12.2. The molecule has 0 aliphatic rings. The highest BCUT2D eigenvalue weighted by Crippen LogP contribution is 2.17. The van der Waals surface area contributed by atoms with Crippen molar-refractivity contribution in [3.05, 3.63) is 34.6 Å². The van der Waals surface area contributed by atoms with Gasteiger partial charge in [-0.2, -0.15) is 0 Å². The molecule has 1 aromatic carbocycles. The maximum absolute atomic E-state index is 13.6. The molecule has 1 N–H and O–H groups in total. The molecule has 0 atom stereocenters. The lowest BCUT2D eigenvalue weighted by atomic mass is 10.1. The third kappa shape index (κ3) is 5.02. The van der Waals surface area contributed by atoms with E-state index in [-0.39, 0.29) is 5.82 Å². The fraction of sp³-hybridized carbons (Fsp3) is 0.538. The number of likely N-dealkylation sites (N-methyl/N-ethyl adjacent to an activating group) is 1. The number of rotatable bonds is 5. The van der Waals surface area contributed by atoms with Gasteiger partial charge in [-0.15, -0.1) is 0 Å². The molecule has 0 saturated carbocycles. The lowest BCUT2D eigenvalue weighted by Gasteiger charge is -2.28. The third-order valence-corrected chi connectivity index (χ3v) is 2.70. The SMILES string of the molecule is CCN(Cc1ccc(Cl)cc1F)CC(C)(C)O. The second-order valence-electron chi connectivity index (χ2n) is 4.85. The first-order chi connectivity index (χ1) is 7.81. The van der Waals surface area contributed by atoms with Gasteiger partial charge < -0.3 is 5.11 Å². The van der Waals surface area contributed by atoms with Gasteiger partial charge in [0.05, 0.1) is 5.60 Å². The van der Waals surface area contributed by atoms with Gasteiger partial charge in [-0.1, -0.05) is 24.6 Å². The summed E-state index contributed by atoms with van der Waals surface area (Å²) in [6.07, 6.45) is 0. The fourth-order valence-corrected chi connectivity index (χ4v) is 1.88. The van der Waals surface area contributed by atoms with E-state index in [1.165, 1.54) is 6.07 Å². The van der Waals surface area contributed by atoms with E-state index in [4.69, 9.17) is 11.6 Å². The van der Waals surface area contributed by atoms with Crippen molar-refractivity contribution in [1.82, 2.24) is 4.90 Å². The van der Waals surface area contributed by atoms with Crippen LogP contribution in [-0.4, -0.2) is 28.7 Å². The number of halogens is 2. The Balaban J connectivity index is 2.74.